The number of hydrogen-bond donors (Lipinski definition) is 0. The first-order valence-corrected chi connectivity index (χ1v) is 9.38. The molecule has 21 heavy (non-hydrogen) atoms. The van der Waals surface area contributed by atoms with Crippen molar-refractivity contribution in [3.63, 3.8) is 0 Å². The number of rotatable bonds is 2. The molecule has 0 aromatic carbocycles. The van der Waals surface area contributed by atoms with Gasteiger partial charge in [0, 0.05) is 29.8 Å². The summed E-state index contributed by atoms with van der Waals surface area (Å²) in [5.41, 5.74) is 0.534. The number of thioether (sulfide) groups is 1. The molecule has 3 rings (SSSR count). The highest BCUT2D eigenvalue weighted by molar-refractivity contribution is 8.00. The predicted octanol–water partition coefficient (Wildman–Crippen LogP) is 2.50. The normalized spacial score (nSPS) is 20.0. The van der Waals surface area contributed by atoms with E-state index in [9.17, 15) is 8.42 Å². The van der Waals surface area contributed by atoms with Crippen molar-refractivity contribution in [2.24, 2.45) is 0 Å². The summed E-state index contributed by atoms with van der Waals surface area (Å²) >= 11 is 7.88. The number of halogens is 1. The number of hydrogen-bond acceptors (Lipinski definition) is 4. The Hall–Kier alpha value is -0.760. The molecule has 1 saturated heterocycles. The van der Waals surface area contributed by atoms with Crippen molar-refractivity contribution in [1.82, 2.24) is 13.7 Å². The fourth-order valence-corrected chi connectivity index (χ4v) is 5.99. The van der Waals surface area contributed by atoms with Crippen LogP contribution in [-0.4, -0.2) is 45.7 Å². The molecule has 0 N–H and O–H groups in total. The van der Waals surface area contributed by atoms with Crippen molar-refractivity contribution in [2.75, 3.05) is 18.8 Å². The molecule has 0 amide bonds. The van der Waals surface area contributed by atoms with Crippen LogP contribution in [0.5, 0.6) is 0 Å². The number of aromatic nitrogens is 2. The average molecular weight is 346 g/mol. The maximum atomic E-state index is 12.9. The molecule has 3 heterocycles. The number of fused-ring (bicyclic) bond motifs is 1. The monoisotopic (exact) mass is 345 g/mol. The average Bonchev–Trinajstić information content (AvgIpc) is 2.73. The Bertz CT molecular complexity index is 786. The lowest BCUT2D eigenvalue weighted by Crippen LogP contribution is -2.46. The summed E-state index contributed by atoms with van der Waals surface area (Å²) in [6.07, 6.45) is 1.67. The van der Waals surface area contributed by atoms with E-state index in [-0.39, 0.29) is 14.9 Å². The van der Waals surface area contributed by atoms with Gasteiger partial charge in [0.05, 0.1) is 0 Å². The second-order valence-corrected chi connectivity index (χ2v) is 9.60. The van der Waals surface area contributed by atoms with Gasteiger partial charge in [-0.2, -0.15) is 16.1 Å². The van der Waals surface area contributed by atoms with Gasteiger partial charge in [-0.05, 0) is 26.0 Å². The second kappa shape index (κ2) is 5.15. The van der Waals surface area contributed by atoms with Crippen molar-refractivity contribution in [1.29, 1.82) is 0 Å². The van der Waals surface area contributed by atoms with Gasteiger partial charge in [0.2, 0.25) is 0 Å². The molecule has 1 fully saturated rings. The minimum Gasteiger partial charge on any atom is -0.288 e. The summed E-state index contributed by atoms with van der Waals surface area (Å²) in [7, 11) is -3.66. The summed E-state index contributed by atoms with van der Waals surface area (Å²) in [6, 6.07) is 5.30. The molecule has 0 bridgehead atoms. The highest BCUT2D eigenvalue weighted by Crippen LogP contribution is 2.34. The first-order chi connectivity index (χ1) is 9.81. The lowest BCUT2D eigenvalue weighted by molar-refractivity contribution is 0.385. The van der Waals surface area contributed by atoms with Gasteiger partial charge >= 0.3 is 0 Å². The summed E-state index contributed by atoms with van der Waals surface area (Å²) < 4.78 is 28.8. The van der Waals surface area contributed by atoms with E-state index in [4.69, 9.17) is 11.6 Å². The molecule has 0 saturated carbocycles. The Labute approximate surface area is 133 Å². The first-order valence-electron chi connectivity index (χ1n) is 6.58. The van der Waals surface area contributed by atoms with Crippen LogP contribution in [0, 0.1) is 0 Å². The van der Waals surface area contributed by atoms with Crippen molar-refractivity contribution in [3.8, 4) is 0 Å². The Morgan fingerprint density at radius 2 is 2.14 bits per heavy atom. The molecular formula is C13H16ClN3O2S2. The zero-order valence-electron chi connectivity index (χ0n) is 11.8. The summed E-state index contributed by atoms with van der Waals surface area (Å²) in [5, 5.41) is 0.0831. The Morgan fingerprint density at radius 1 is 1.38 bits per heavy atom. The Balaban J connectivity index is 2.10. The largest absolute Gasteiger partial charge is 0.288 e. The maximum Gasteiger partial charge on any atom is 0.262 e. The van der Waals surface area contributed by atoms with Crippen molar-refractivity contribution >= 4 is 39.0 Å². The van der Waals surface area contributed by atoms with Gasteiger partial charge in [-0.3, -0.25) is 4.40 Å². The van der Waals surface area contributed by atoms with E-state index in [1.165, 1.54) is 8.71 Å². The van der Waals surface area contributed by atoms with Crippen LogP contribution in [0.3, 0.4) is 0 Å². The SMILES string of the molecule is CC1(C)CN(S(=O)(=O)c2c(Cl)nc3ccccn23)CCS1. The summed E-state index contributed by atoms with van der Waals surface area (Å²) in [4.78, 5) is 4.13. The van der Waals surface area contributed by atoms with E-state index in [1.807, 2.05) is 0 Å². The van der Waals surface area contributed by atoms with Crippen LogP contribution < -0.4 is 0 Å². The fourth-order valence-electron chi connectivity index (χ4n) is 2.48. The van der Waals surface area contributed by atoms with Crippen molar-refractivity contribution in [3.05, 3.63) is 29.5 Å². The molecule has 8 heteroatoms. The molecule has 0 atom stereocenters. The fraction of sp³-hybridized carbons (Fsp3) is 0.462. The number of pyridine rings is 1. The highest BCUT2D eigenvalue weighted by atomic mass is 35.5. The molecule has 0 radical (unpaired) electrons. The van der Waals surface area contributed by atoms with Crippen molar-refractivity contribution in [2.45, 2.75) is 23.6 Å². The summed E-state index contributed by atoms with van der Waals surface area (Å²) in [5.74, 6) is 0.778. The standard InChI is InChI=1S/C13H16ClN3O2S2/c1-13(2)9-16(7-8-20-13)21(18,19)12-11(14)15-10-5-3-4-6-17(10)12/h3-6H,7-9H2,1-2H3. The quantitative estimate of drug-likeness (QED) is 0.839. The van der Waals surface area contributed by atoms with Gasteiger partial charge < -0.3 is 0 Å². The third kappa shape index (κ3) is 2.67. The second-order valence-electron chi connectivity index (χ2n) is 5.58. The minimum atomic E-state index is -3.66. The van der Waals surface area contributed by atoms with Crippen molar-refractivity contribution < 1.29 is 8.42 Å². The third-order valence-electron chi connectivity index (χ3n) is 3.42. The van der Waals surface area contributed by atoms with E-state index < -0.39 is 10.0 Å². The van der Waals surface area contributed by atoms with Crippen LogP contribution in [0.4, 0.5) is 0 Å². The van der Waals surface area contributed by atoms with E-state index in [2.05, 4.69) is 18.8 Å². The first kappa shape index (κ1) is 15.1. The van der Waals surface area contributed by atoms with Gasteiger partial charge in [0.1, 0.15) is 5.65 Å². The van der Waals surface area contributed by atoms with Gasteiger partial charge in [-0.15, -0.1) is 0 Å². The molecule has 1 aliphatic heterocycles. The smallest absolute Gasteiger partial charge is 0.262 e. The molecule has 0 unspecified atom stereocenters. The molecule has 0 spiro atoms. The van der Waals surface area contributed by atoms with E-state index in [0.717, 1.165) is 5.75 Å². The van der Waals surface area contributed by atoms with E-state index in [1.54, 1.807) is 36.2 Å². The van der Waals surface area contributed by atoms with Crippen LogP contribution in [0.15, 0.2) is 29.4 Å². The molecular weight excluding hydrogens is 330 g/mol. The highest BCUT2D eigenvalue weighted by Gasteiger charge is 2.37. The van der Waals surface area contributed by atoms with Gasteiger partial charge in [0.15, 0.2) is 10.2 Å². The van der Waals surface area contributed by atoms with E-state index >= 15 is 0 Å². The third-order valence-corrected chi connectivity index (χ3v) is 6.96. The van der Waals surface area contributed by atoms with Crippen LogP contribution in [0.1, 0.15) is 13.8 Å². The van der Waals surface area contributed by atoms with Crippen LogP contribution in [0.2, 0.25) is 5.15 Å². The lowest BCUT2D eigenvalue weighted by Gasteiger charge is -2.36. The van der Waals surface area contributed by atoms with Gasteiger partial charge in [-0.25, -0.2) is 13.4 Å². The number of nitrogens with zero attached hydrogens (tertiary/aromatic N) is 3. The zero-order chi connectivity index (χ0) is 15.3. The van der Waals surface area contributed by atoms with Crippen LogP contribution in [0.25, 0.3) is 5.65 Å². The Kier molecular flexibility index (Phi) is 3.72. The van der Waals surface area contributed by atoms with E-state index in [0.29, 0.717) is 18.7 Å². The molecule has 2 aromatic rings. The molecule has 1 aliphatic rings. The summed E-state index contributed by atoms with van der Waals surface area (Å²) in [6.45, 7) is 5.06. The van der Waals surface area contributed by atoms with Crippen LogP contribution >= 0.6 is 23.4 Å². The van der Waals surface area contributed by atoms with Gasteiger partial charge in [-0.1, -0.05) is 17.7 Å². The molecule has 5 nitrogen and oxygen atoms in total. The van der Waals surface area contributed by atoms with Gasteiger partial charge in [0.25, 0.3) is 10.0 Å². The molecule has 114 valence electrons. The number of sulfonamides is 1. The minimum absolute atomic E-state index is 0.0252. The topological polar surface area (TPSA) is 54.7 Å². The molecule has 0 aliphatic carbocycles. The zero-order valence-corrected chi connectivity index (χ0v) is 14.2. The predicted molar refractivity (Wildman–Crippen MR) is 85.5 cm³/mol. The number of imidazole rings is 1. The van der Waals surface area contributed by atoms with Crippen LogP contribution in [-0.2, 0) is 10.0 Å². The lowest BCUT2D eigenvalue weighted by atomic mass is 10.2. The Morgan fingerprint density at radius 3 is 2.86 bits per heavy atom. The maximum absolute atomic E-state index is 12.9. The molecule has 2 aromatic heterocycles.